The number of likely N-dealkylation sites (N-methyl/N-ethyl adjacent to an activating group) is 1. The van der Waals surface area contributed by atoms with Gasteiger partial charge in [0.05, 0.1) is 6.20 Å². The molecule has 0 aliphatic carbocycles. The lowest BCUT2D eigenvalue weighted by molar-refractivity contribution is -0.123. The van der Waals surface area contributed by atoms with Crippen LogP contribution in [0.3, 0.4) is 0 Å². The molecule has 3 rings (SSSR count). The lowest BCUT2D eigenvalue weighted by atomic mass is 10.1. The summed E-state index contributed by atoms with van der Waals surface area (Å²) in [5.74, 6) is -0.0357. The van der Waals surface area contributed by atoms with Gasteiger partial charge in [-0.1, -0.05) is 24.3 Å². The Morgan fingerprint density at radius 1 is 1.19 bits per heavy atom. The van der Waals surface area contributed by atoms with E-state index in [0.29, 0.717) is 6.54 Å². The maximum atomic E-state index is 12.6. The molecule has 0 spiro atoms. The van der Waals surface area contributed by atoms with Crippen LogP contribution in [-0.2, 0) is 24.9 Å². The van der Waals surface area contributed by atoms with Gasteiger partial charge in [-0.25, -0.2) is 0 Å². The van der Waals surface area contributed by atoms with Crippen molar-refractivity contribution in [3.63, 3.8) is 0 Å². The van der Waals surface area contributed by atoms with Crippen LogP contribution in [0.1, 0.15) is 35.6 Å². The van der Waals surface area contributed by atoms with E-state index in [-0.39, 0.29) is 36.8 Å². The van der Waals surface area contributed by atoms with Crippen LogP contribution in [-0.4, -0.2) is 40.7 Å². The Morgan fingerprint density at radius 2 is 1.85 bits per heavy atom. The Bertz CT molecular complexity index is 716. The lowest BCUT2D eigenvalue weighted by Gasteiger charge is -2.19. The summed E-state index contributed by atoms with van der Waals surface area (Å²) in [6.45, 7) is 3.85. The summed E-state index contributed by atoms with van der Waals surface area (Å²) in [6, 6.07) is 7.98. The smallest absolute Gasteiger partial charge is 0.242 e. The topological polar surface area (TPSA) is 62.2 Å². The number of benzene rings is 1. The fraction of sp³-hybridized carbons (Fsp3) is 0.474. The van der Waals surface area contributed by atoms with Crippen molar-refractivity contribution in [3.05, 3.63) is 53.3 Å². The first-order valence-electron chi connectivity index (χ1n) is 8.90. The maximum absolute atomic E-state index is 12.6. The Kier molecular flexibility index (Phi) is 9.80. The van der Waals surface area contributed by atoms with E-state index in [9.17, 15) is 4.79 Å². The molecule has 1 fully saturated rings. The molecular weight excluding hydrogens is 385 g/mol. The number of likely N-dealkylation sites (tertiary alicyclic amines) is 1. The molecule has 2 aromatic rings. The van der Waals surface area contributed by atoms with Gasteiger partial charge in [0, 0.05) is 31.9 Å². The number of carbonyl (C=O) groups is 1. The number of aryl methyl sites for hydroxylation is 1. The molecule has 2 N–H and O–H groups in total. The summed E-state index contributed by atoms with van der Waals surface area (Å²) in [5, 5.41) is 10.3. The van der Waals surface area contributed by atoms with Gasteiger partial charge in [0.2, 0.25) is 5.91 Å². The summed E-state index contributed by atoms with van der Waals surface area (Å²) in [4.78, 5) is 15.1. The van der Waals surface area contributed by atoms with Crippen molar-refractivity contribution in [3.8, 4) is 0 Å². The van der Waals surface area contributed by atoms with E-state index in [1.54, 1.807) is 17.9 Å². The van der Waals surface area contributed by atoms with E-state index in [4.69, 9.17) is 0 Å². The first-order chi connectivity index (χ1) is 12.2. The third-order valence-electron chi connectivity index (χ3n) is 4.77. The largest absolute Gasteiger partial charge is 0.350 e. The number of amides is 1. The number of aromatic nitrogens is 2. The van der Waals surface area contributed by atoms with Crippen LogP contribution in [0, 0.1) is 0 Å². The molecule has 1 aromatic heterocycles. The SMILES string of the molecule is CNC(C(=O)NCc1ccccc1CN1CCCC1)c1cnn(C)c1.Cl.Cl. The molecule has 6 nitrogen and oxygen atoms in total. The van der Waals surface area contributed by atoms with E-state index >= 15 is 0 Å². The number of hydrogen-bond acceptors (Lipinski definition) is 4. The maximum Gasteiger partial charge on any atom is 0.242 e. The van der Waals surface area contributed by atoms with Crippen LogP contribution < -0.4 is 10.6 Å². The summed E-state index contributed by atoms with van der Waals surface area (Å²) in [5.41, 5.74) is 3.35. The highest BCUT2D eigenvalue weighted by Crippen LogP contribution is 2.17. The quantitative estimate of drug-likeness (QED) is 0.731. The summed E-state index contributed by atoms with van der Waals surface area (Å²) < 4.78 is 1.71. The molecule has 1 aliphatic heterocycles. The Labute approximate surface area is 173 Å². The van der Waals surface area contributed by atoms with Crippen molar-refractivity contribution < 1.29 is 4.79 Å². The van der Waals surface area contributed by atoms with E-state index in [1.165, 1.54) is 37.1 Å². The molecule has 1 unspecified atom stereocenters. The number of nitrogens with one attached hydrogen (secondary N) is 2. The molecule has 27 heavy (non-hydrogen) atoms. The summed E-state index contributed by atoms with van der Waals surface area (Å²) in [6.07, 6.45) is 6.16. The second kappa shape index (κ2) is 11.3. The van der Waals surface area contributed by atoms with Crippen molar-refractivity contribution in [1.29, 1.82) is 0 Å². The highest BCUT2D eigenvalue weighted by molar-refractivity contribution is 5.85. The Hall–Kier alpha value is -1.60. The van der Waals surface area contributed by atoms with Gasteiger partial charge in [0.15, 0.2) is 0 Å². The van der Waals surface area contributed by atoms with Crippen LogP contribution in [0.5, 0.6) is 0 Å². The van der Waals surface area contributed by atoms with Crippen LogP contribution in [0.15, 0.2) is 36.7 Å². The molecule has 0 saturated carbocycles. The van der Waals surface area contributed by atoms with Gasteiger partial charge in [-0.2, -0.15) is 5.10 Å². The van der Waals surface area contributed by atoms with E-state index in [0.717, 1.165) is 12.1 Å². The van der Waals surface area contributed by atoms with Gasteiger partial charge < -0.3 is 10.6 Å². The van der Waals surface area contributed by atoms with Gasteiger partial charge in [-0.15, -0.1) is 24.8 Å². The van der Waals surface area contributed by atoms with Crippen molar-refractivity contribution in [1.82, 2.24) is 25.3 Å². The second-order valence-corrected chi connectivity index (χ2v) is 6.64. The van der Waals surface area contributed by atoms with Crippen molar-refractivity contribution >= 4 is 30.7 Å². The zero-order valence-corrected chi connectivity index (χ0v) is 17.5. The van der Waals surface area contributed by atoms with Crippen LogP contribution in [0.2, 0.25) is 0 Å². The Balaban J connectivity index is 0.00000182. The predicted octanol–water partition coefficient (Wildman–Crippen LogP) is 2.44. The standard InChI is InChI=1S/C19H27N5O.2ClH/c1-20-18(17-12-22-23(2)13-17)19(25)21-11-15-7-3-4-8-16(15)14-24-9-5-6-10-24;;/h3-4,7-8,12-13,18,20H,5-6,9-11,14H2,1-2H3,(H,21,25);2*1H. The molecule has 1 atom stereocenters. The first kappa shape index (κ1) is 23.4. The number of halogens is 2. The number of hydrogen-bond donors (Lipinski definition) is 2. The molecule has 0 radical (unpaired) electrons. The zero-order chi connectivity index (χ0) is 17.6. The van der Waals surface area contributed by atoms with Gasteiger partial charge in [-0.3, -0.25) is 14.4 Å². The molecule has 0 bridgehead atoms. The predicted molar refractivity (Wildman–Crippen MR) is 112 cm³/mol. The monoisotopic (exact) mass is 413 g/mol. The van der Waals surface area contributed by atoms with Crippen LogP contribution in [0.25, 0.3) is 0 Å². The minimum atomic E-state index is -0.389. The van der Waals surface area contributed by atoms with Crippen LogP contribution in [0.4, 0.5) is 0 Å². The minimum Gasteiger partial charge on any atom is -0.350 e. The molecule has 2 heterocycles. The first-order valence-corrected chi connectivity index (χ1v) is 8.90. The Morgan fingerprint density at radius 3 is 2.44 bits per heavy atom. The third kappa shape index (κ3) is 6.21. The average Bonchev–Trinajstić information content (AvgIpc) is 3.27. The second-order valence-electron chi connectivity index (χ2n) is 6.64. The van der Waals surface area contributed by atoms with Gasteiger partial charge in [0.25, 0.3) is 0 Å². The molecule has 8 heteroatoms. The number of nitrogens with zero attached hydrogens (tertiary/aromatic N) is 3. The highest BCUT2D eigenvalue weighted by Gasteiger charge is 2.20. The number of carbonyl (C=O) groups excluding carboxylic acids is 1. The van der Waals surface area contributed by atoms with Crippen molar-refractivity contribution in [2.75, 3.05) is 20.1 Å². The van der Waals surface area contributed by atoms with Gasteiger partial charge in [0.1, 0.15) is 6.04 Å². The van der Waals surface area contributed by atoms with E-state index in [1.807, 2.05) is 19.3 Å². The molecule has 150 valence electrons. The normalized spacial score (nSPS) is 14.9. The number of rotatable bonds is 7. The summed E-state index contributed by atoms with van der Waals surface area (Å²) >= 11 is 0. The third-order valence-corrected chi connectivity index (χ3v) is 4.77. The molecule has 1 saturated heterocycles. The molecule has 1 amide bonds. The molecular formula is C19H29Cl2N5O. The zero-order valence-electron chi connectivity index (χ0n) is 15.9. The van der Waals surface area contributed by atoms with Gasteiger partial charge in [-0.05, 0) is 44.1 Å². The van der Waals surface area contributed by atoms with Crippen LogP contribution >= 0.6 is 24.8 Å². The fourth-order valence-electron chi connectivity index (χ4n) is 3.39. The fourth-order valence-corrected chi connectivity index (χ4v) is 3.39. The van der Waals surface area contributed by atoms with Gasteiger partial charge >= 0.3 is 0 Å². The highest BCUT2D eigenvalue weighted by atomic mass is 35.5. The molecule has 1 aliphatic rings. The van der Waals surface area contributed by atoms with E-state index in [2.05, 4.69) is 38.8 Å². The van der Waals surface area contributed by atoms with Crippen molar-refractivity contribution in [2.45, 2.75) is 32.0 Å². The average molecular weight is 414 g/mol. The molecule has 1 aromatic carbocycles. The summed E-state index contributed by atoms with van der Waals surface area (Å²) in [7, 11) is 3.64. The van der Waals surface area contributed by atoms with Crippen molar-refractivity contribution in [2.24, 2.45) is 7.05 Å². The minimum absolute atomic E-state index is 0. The van der Waals surface area contributed by atoms with E-state index < -0.39 is 0 Å². The lowest BCUT2D eigenvalue weighted by Crippen LogP contribution is -2.35.